The van der Waals surface area contributed by atoms with Gasteiger partial charge in [0, 0.05) is 5.69 Å². The van der Waals surface area contributed by atoms with Gasteiger partial charge in [0.15, 0.2) is 0 Å². The Bertz CT molecular complexity index is 399. The molecular formula is C15H22N2O. The van der Waals surface area contributed by atoms with Crippen molar-refractivity contribution >= 4 is 11.6 Å². The Hall–Kier alpha value is -1.35. The number of hydrogen-bond acceptors (Lipinski definition) is 2. The highest BCUT2D eigenvalue weighted by Gasteiger charge is 2.20. The van der Waals surface area contributed by atoms with Gasteiger partial charge < -0.3 is 10.6 Å². The quantitative estimate of drug-likeness (QED) is 0.776. The molecule has 0 unspecified atom stereocenters. The Morgan fingerprint density at radius 2 is 2.11 bits per heavy atom. The maximum atomic E-state index is 11.8. The van der Waals surface area contributed by atoms with Gasteiger partial charge in [0.1, 0.15) is 0 Å². The summed E-state index contributed by atoms with van der Waals surface area (Å²) < 4.78 is 0. The number of nitrogens with one attached hydrogen (secondary N) is 2. The average molecular weight is 246 g/mol. The molecule has 1 aliphatic rings. The third kappa shape index (κ3) is 4.15. The van der Waals surface area contributed by atoms with Crippen molar-refractivity contribution in [2.45, 2.75) is 32.6 Å². The zero-order chi connectivity index (χ0) is 12.8. The molecule has 0 aliphatic heterocycles. The molecule has 0 saturated heterocycles. The number of rotatable bonds is 7. The highest BCUT2D eigenvalue weighted by atomic mass is 16.1. The molecule has 0 bridgehead atoms. The lowest BCUT2D eigenvalue weighted by molar-refractivity contribution is -0.115. The minimum absolute atomic E-state index is 0.0548. The van der Waals surface area contributed by atoms with Crippen LogP contribution in [0, 0.1) is 5.92 Å². The van der Waals surface area contributed by atoms with Crippen molar-refractivity contribution in [3.63, 3.8) is 0 Å². The van der Waals surface area contributed by atoms with Crippen LogP contribution in [-0.4, -0.2) is 19.0 Å². The van der Waals surface area contributed by atoms with E-state index in [1.165, 1.54) is 18.4 Å². The molecule has 0 spiro atoms. The molecule has 18 heavy (non-hydrogen) atoms. The fraction of sp³-hybridized carbons (Fsp3) is 0.533. The smallest absolute Gasteiger partial charge is 0.238 e. The van der Waals surface area contributed by atoms with Gasteiger partial charge in [-0.2, -0.15) is 0 Å². The van der Waals surface area contributed by atoms with Gasteiger partial charge in [-0.15, -0.1) is 0 Å². The van der Waals surface area contributed by atoms with Crippen molar-refractivity contribution in [1.82, 2.24) is 5.32 Å². The highest BCUT2D eigenvalue weighted by Crippen LogP contribution is 2.27. The van der Waals surface area contributed by atoms with Gasteiger partial charge >= 0.3 is 0 Å². The fourth-order valence-corrected chi connectivity index (χ4v) is 2.04. The van der Waals surface area contributed by atoms with Gasteiger partial charge in [-0.1, -0.05) is 31.5 Å². The lowest BCUT2D eigenvalue weighted by atomic mass is 10.1. The lowest BCUT2D eigenvalue weighted by Crippen LogP contribution is -2.29. The van der Waals surface area contributed by atoms with E-state index in [0.717, 1.165) is 31.0 Å². The molecule has 0 aromatic heterocycles. The monoisotopic (exact) mass is 246 g/mol. The van der Waals surface area contributed by atoms with Crippen molar-refractivity contribution in [1.29, 1.82) is 0 Å². The number of aryl methyl sites for hydroxylation is 1. The summed E-state index contributed by atoms with van der Waals surface area (Å²) in [5, 5.41) is 6.19. The second kappa shape index (κ2) is 6.55. The molecular weight excluding hydrogens is 224 g/mol. The molecule has 0 heterocycles. The predicted molar refractivity (Wildman–Crippen MR) is 74.7 cm³/mol. The average Bonchev–Trinajstić information content (AvgIpc) is 3.16. The van der Waals surface area contributed by atoms with E-state index in [4.69, 9.17) is 0 Å². The van der Waals surface area contributed by atoms with Crippen LogP contribution in [0.25, 0.3) is 0 Å². The van der Waals surface area contributed by atoms with Crippen molar-refractivity contribution < 1.29 is 4.79 Å². The SMILES string of the molecule is CCCc1ccccc1NC(=O)CNCC1CC1. The Labute approximate surface area is 109 Å². The van der Waals surface area contributed by atoms with E-state index in [2.05, 4.69) is 23.6 Å². The van der Waals surface area contributed by atoms with Crippen LogP contribution in [0.4, 0.5) is 5.69 Å². The molecule has 3 nitrogen and oxygen atoms in total. The third-order valence-corrected chi connectivity index (χ3v) is 3.23. The number of para-hydroxylation sites is 1. The molecule has 2 N–H and O–H groups in total. The van der Waals surface area contributed by atoms with Crippen molar-refractivity contribution in [2.75, 3.05) is 18.4 Å². The first-order chi connectivity index (χ1) is 8.79. The summed E-state index contributed by atoms with van der Waals surface area (Å²) in [6, 6.07) is 8.04. The second-order valence-corrected chi connectivity index (χ2v) is 5.03. The fourth-order valence-electron chi connectivity index (χ4n) is 2.04. The number of hydrogen-bond donors (Lipinski definition) is 2. The van der Waals surface area contributed by atoms with Crippen LogP contribution >= 0.6 is 0 Å². The van der Waals surface area contributed by atoms with Crippen molar-refractivity contribution in [2.24, 2.45) is 5.92 Å². The molecule has 1 saturated carbocycles. The molecule has 3 heteroatoms. The third-order valence-electron chi connectivity index (χ3n) is 3.23. The minimum Gasteiger partial charge on any atom is -0.325 e. The van der Waals surface area contributed by atoms with E-state index in [1.807, 2.05) is 18.2 Å². The summed E-state index contributed by atoms with van der Waals surface area (Å²) in [6.45, 7) is 3.54. The van der Waals surface area contributed by atoms with Crippen LogP contribution < -0.4 is 10.6 Å². The number of carbonyl (C=O) groups is 1. The lowest BCUT2D eigenvalue weighted by Gasteiger charge is -2.10. The van der Waals surface area contributed by atoms with E-state index in [1.54, 1.807) is 0 Å². The van der Waals surface area contributed by atoms with E-state index < -0.39 is 0 Å². The predicted octanol–water partition coefficient (Wildman–Crippen LogP) is 2.58. The highest BCUT2D eigenvalue weighted by molar-refractivity contribution is 5.92. The van der Waals surface area contributed by atoms with Crippen molar-refractivity contribution in [3.8, 4) is 0 Å². The van der Waals surface area contributed by atoms with Crippen LogP contribution in [0.5, 0.6) is 0 Å². The maximum Gasteiger partial charge on any atom is 0.238 e. The number of carbonyl (C=O) groups excluding carboxylic acids is 1. The van der Waals surface area contributed by atoms with Gasteiger partial charge in [-0.05, 0) is 43.4 Å². The first-order valence-electron chi connectivity index (χ1n) is 6.88. The van der Waals surface area contributed by atoms with E-state index >= 15 is 0 Å². The van der Waals surface area contributed by atoms with Gasteiger partial charge in [0.05, 0.1) is 6.54 Å². The van der Waals surface area contributed by atoms with Gasteiger partial charge in [0.2, 0.25) is 5.91 Å². The molecule has 1 aliphatic carbocycles. The maximum absolute atomic E-state index is 11.8. The summed E-state index contributed by atoms with van der Waals surface area (Å²) >= 11 is 0. The van der Waals surface area contributed by atoms with Crippen LogP contribution in [0.1, 0.15) is 31.7 Å². The van der Waals surface area contributed by atoms with Crippen LogP contribution in [-0.2, 0) is 11.2 Å². The number of benzene rings is 1. The zero-order valence-electron chi connectivity index (χ0n) is 11.0. The number of amides is 1. The first-order valence-corrected chi connectivity index (χ1v) is 6.88. The molecule has 0 radical (unpaired) electrons. The van der Waals surface area contributed by atoms with E-state index in [9.17, 15) is 4.79 Å². The van der Waals surface area contributed by atoms with Gasteiger partial charge in [-0.3, -0.25) is 4.79 Å². The minimum atomic E-state index is 0.0548. The normalized spacial score (nSPS) is 14.5. The van der Waals surface area contributed by atoms with Gasteiger partial charge in [-0.25, -0.2) is 0 Å². The van der Waals surface area contributed by atoms with Crippen LogP contribution in [0.3, 0.4) is 0 Å². The zero-order valence-corrected chi connectivity index (χ0v) is 11.0. The Morgan fingerprint density at radius 3 is 2.83 bits per heavy atom. The molecule has 98 valence electrons. The molecule has 0 atom stereocenters. The molecule has 2 rings (SSSR count). The largest absolute Gasteiger partial charge is 0.325 e. The summed E-state index contributed by atoms with van der Waals surface area (Å²) in [5.74, 6) is 0.865. The molecule has 1 amide bonds. The first kappa shape index (κ1) is 13.1. The van der Waals surface area contributed by atoms with Crippen LogP contribution in [0.2, 0.25) is 0 Å². The Balaban J connectivity index is 1.81. The standard InChI is InChI=1S/C15H22N2O/c1-2-5-13-6-3-4-7-14(13)17-15(18)11-16-10-12-8-9-12/h3-4,6-7,12,16H,2,5,8-11H2,1H3,(H,17,18). The topological polar surface area (TPSA) is 41.1 Å². The molecule has 1 aromatic carbocycles. The van der Waals surface area contributed by atoms with Crippen molar-refractivity contribution in [3.05, 3.63) is 29.8 Å². The summed E-state index contributed by atoms with van der Waals surface area (Å²) in [4.78, 5) is 11.8. The van der Waals surface area contributed by atoms with Gasteiger partial charge in [0.25, 0.3) is 0 Å². The Morgan fingerprint density at radius 1 is 1.33 bits per heavy atom. The van der Waals surface area contributed by atoms with Crippen LogP contribution in [0.15, 0.2) is 24.3 Å². The Kier molecular flexibility index (Phi) is 4.76. The summed E-state index contributed by atoms with van der Waals surface area (Å²) in [7, 11) is 0. The number of anilines is 1. The summed E-state index contributed by atoms with van der Waals surface area (Å²) in [5.41, 5.74) is 2.17. The second-order valence-electron chi connectivity index (χ2n) is 5.03. The van der Waals surface area contributed by atoms with E-state index in [-0.39, 0.29) is 5.91 Å². The molecule has 1 fully saturated rings. The summed E-state index contributed by atoms with van der Waals surface area (Å²) in [6.07, 6.45) is 4.72. The van der Waals surface area contributed by atoms with E-state index in [0.29, 0.717) is 6.54 Å². The molecule has 1 aromatic rings.